The monoisotopic (exact) mass is 213 g/mol. The molecular formula is C13H11NO2. The molecule has 3 heteroatoms. The van der Waals surface area contributed by atoms with Crippen LogP contribution >= 0.6 is 0 Å². The van der Waals surface area contributed by atoms with Crippen LogP contribution in [-0.2, 0) is 0 Å². The van der Waals surface area contributed by atoms with Crippen LogP contribution in [0.1, 0.15) is 10.4 Å². The molecule has 0 N–H and O–H groups in total. The number of hydrogen-bond donors (Lipinski definition) is 0. The van der Waals surface area contributed by atoms with Crippen LogP contribution in [0, 0.1) is 0 Å². The SMILES string of the molecule is COc1cncc(-c2ccccc2)c1C=O. The van der Waals surface area contributed by atoms with Crippen molar-refractivity contribution in [2.75, 3.05) is 7.11 Å². The molecule has 1 aromatic carbocycles. The largest absolute Gasteiger partial charge is 0.494 e. The van der Waals surface area contributed by atoms with Crippen molar-refractivity contribution in [1.82, 2.24) is 4.98 Å². The maximum Gasteiger partial charge on any atom is 0.154 e. The minimum atomic E-state index is 0.497. The molecule has 3 nitrogen and oxygen atoms in total. The van der Waals surface area contributed by atoms with E-state index in [-0.39, 0.29) is 0 Å². The topological polar surface area (TPSA) is 39.2 Å². The quantitative estimate of drug-likeness (QED) is 0.735. The molecule has 1 aromatic heterocycles. The second-order valence-corrected chi connectivity index (χ2v) is 3.29. The van der Waals surface area contributed by atoms with Crippen LogP contribution in [0.15, 0.2) is 42.7 Å². The molecule has 2 aromatic rings. The van der Waals surface area contributed by atoms with Crippen molar-refractivity contribution >= 4 is 6.29 Å². The summed E-state index contributed by atoms with van der Waals surface area (Å²) in [7, 11) is 1.53. The van der Waals surface area contributed by atoms with E-state index in [4.69, 9.17) is 4.74 Å². The van der Waals surface area contributed by atoms with Crippen LogP contribution in [0.2, 0.25) is 0 Å². The molecule has 0 aliphatic heterocycles. The molecule has 0 unspecified atom stereocenters. The van der Waals surface area contributed by atoms with E-state index in [1.54, 1.807) is 6.20 Å². The first kappa shape index (κ1) is 10.4. The normalized spacial score (nSPS) is 9.81. The van der Waals surface area contributed by atoms with E-state index in [9.17, 15) is 4.79 Å². The molecule has 0 saturated carbocycles. The van der Waals surface area contributed by atoms with E-state index in [1.165, 1.54) is 13.3 Å². The molecule has 16 heavy (non-hydrogen) atoms. The smallest absolute Gasteiger partial charge is 0.154 e. The number of ether oxygens (including phenoxy) is 1. The summed E-state index contributed by atoms with van der Waals surface area (Å²) < 4.78 is 5.10. The molecule has 0 radical (unpaired) electrons. The third-order valence-electron chi connectivity index (χ3n) is 2.37. The molecule has 0 amide bonds. The maximum atomic E-state index is 11.1. The Morgan fingerprint density at radius 1 is 1.19 bits per heavy atom. The molecule has 0 bridgehead atoms. The molecule has 80 valence electrons. The lowest BCUT2D eigenvalue weighted by Crippen LogP contribution is -1.95. The van der Waals surface area contributed by atoms with Gasteiger partial charge in [0.25, 0.3) is 0 Å². The Hall–Kier alpha value is -2.16. The molecule has 1 heterocycles. The number of aldehydes is 1. The van der Waals surface area contributed by atoms with E-state index >= 15 is 0 Å². The van der Waals surface area contributed by atoms with E-state index in [0.717, 1.165) is 17.4 Å². The summed E-state index contributed by atoms with van der Waals surface area (Å²) in [6.45, 7) is 0. The lowest BCUT2D eigenvalue weighted by Gasteiger charge is -2.08. The number of aromatic nitrogens is 1. The predicted molar refractivity (Wildman–Crippen MR) is 61.6 cm³/mol. The minimum Gasteiger partial charge on any atom is -0.494 e. The van der Waals surface area contributed by atoms with Crippen molar-refractivity contribution in [3.63, 3.8) is 0 Å². The first-order chi connectivity index (χ1) is 7.86. The number of carbonyl (C=O) groups is 1. The molecule has 0 atom stereocenters. The van der Waals surface area contributed by atoms with Gasteiger partial charge in [-0.15, -0.1) is 0 Å². The van der Waals surface area contributed by atoms with Crippen LogP contribution in [0.4, 0.5) is 0 Å². The number of hydrogen-bond acceptors (Lipinski definition) is 3. The number of rotatable bonds is 3. The molecule has 0 aliphatic rings. The van der Waals surface area contributed by atoms with Crippen LogP contribution < -0.4 is 4.74 Å². The zero-order valence-corrected chi connectivity index (χ0v) is 8.88. The summed E-state index contributed by atoms with van der Waals surface area (Å²) in [6.07, 6.45) is 4.00. The van der Waals surface area contributed by atoms with Gasteiger partial charge in [0.05, 0.1) is 18.9 Å². The van der Waals surface area contributed by atoms with Gasteiger partial charge in [-0.2, -0.15) is 0 Å². The van der Waals surface area contributed by atoms with Gasteiger partial charge in [0, 0.05) is 11.8 Å². The Morgan fingerprint density at radius 3 is 2.56 bits per heavy atom. The average Bonchev–Trinajstić information content (AvgIpc) is 2.38. The summed E-state index contributed by atoms with van der Waals surface area (Å²) in [6, 6.07) is 9.64. The van der Waals surface area contributed by atoms with Gasteiger partial charge in [0.15, 0.2) is 6.29 Å². The third-order valence-corrected chi connectivity index (χ3v) is 2.37. The van der Waals surface area contributed by atoms with E-state index in [0.29, 0.717) is 11.3 Å². The average molecular weight is 213 g/mol. The van der Waals surface area contributed by atoms with E-state index in [2.05, 4.69) is 4.98 Å². The van der Waals surface area contributed by atoms with Crippen molar-refractivity contribution in [2.45, 2.75) is 0 Å². The van der Waals surface area contributed by atoms with Crippen molar-refractivity contribution in [2.24, 2.45) is 0 Å². The standard InChI is InChI=1S/C13H11NO2/c1-16-13-8-14-7-11(12(13)9-15)10-5-3-2-4-6-10/h2-9H,1H3. The van der Waals surface area contributed by atoms with Crippen molar-refractivity contribution in [1.29, 1.82) is 0 Å². The number of pyridine rings is 1. The van der Waals surface area contributed by atoms with Gasteiger partial charge in [-0.25, -0.2) is 0 Å². The van der Waals surface area contributed by atoms with Crippen LogP contribution in [0.25, 0.3) is 11.1 Å². The molecule has 0 spiro atoms. The molecule has 0 aliphatic carbocycles. The van der Waals surface area contributed by atoms with Gasteiger partial charge < -0.3 is 4.74 Å². The number of benzene rings is 1. The van der Waals surface area contributed by atoms with Crippen LogP contribution in [-0.4, -0.2) is 18.4 Å². The first-order valence-corrected chi connectivity index (χ1v) is 4.89. The maximum absolute atomic E-state index is 11.1. The second kappa shape index (κ2) is 4.57. The number of nitrogens with zero attached hydrogens (tertiary/aromatic N) is 1. The number of carbonyl (C=O) groups excluding carboxylic acids is 1. The highest BCUT2D eigenvalue weighted by atomic mass is 16.5. The van der Waals surface area contributed by atoms with Crippen LogP contribution in [0.3, 0.4) is 0 Å². The molecular weight excluding hydrogens is 202 g/mol. The number of methoxy groups -OCH3 is 1. The minimum absolute atomic E-state index is 0.497. The first-order valence-electron chi connectivity index (χ1n) is 4.89. The fourth-order valence-electron chi connectivity index (χ4n) is 1.58. The highest BCUT2D eigenvalue weighted by Crippen LogP contribution is 2.27. The Kier molecular flexibility index (Phi) is 2.96. The fraction of sp³-hybridized carbons (Fsp3) is 0.0769. The predicted octanol–water partition coefficient (Wildman–Crippen LogP) is 2.57. The van der Waals surface area contributed by atoms with Gasteiger partial charge in [0.1, 0.15) is 5.75 Å². The fourth-order valence-corrected chi connectivity index (χ4v) is 1.58. The highest BCUT2D eigenvalue weighted by molar-refractivity contribution is 5.90. The van der Waals surface area contributed by atoms with E-state index < -0.39 is 0 Å². The van der Waals surface area contributed by atoms with Gasteiger partial charge in [0.2, 0.25) is 0 Å². The van der Waals surface area contributed by atoms with Gasteiger partial charge in [-0.1, -0.05) is 30.3 Å². The molecule has 0 saturated heterocycles. The molecule has 0 fully saturated rings. The summed E-state index contributed by atoms with van der Waals surface area (Å²) in [5.41, 5.74) is 2.27. The van der Waals surface area contributed by atoms with Crippen molar-refractivity contribution in [3.8, 4) is 16.9 Å². The van der Waals surface area contributed by atoms with E-state index in [1.807, 2.05) is 30.3 Å². The van der Waals surface area contributed by atoms with Gasteiger partial charge >= 0.3 is 0 Å². The Labute approximate surface area is 93.7 Å². The van der Waals surface area contributed by atoms with Crippen molar-refractivity contribution < 1.29 is 9.53 Å². The van der Waals surface area contributed by atoms with Gasteiger partial charge in [-0.3, -0.25) is 9.78 Å². The Morgan fingerprint density at radius 2 is 1.94 bits per heavy atom. The third kappa shape index (κ3) is 1.80. The second-order valence-electron chi connectivity index (χ2n) is 3.29. The summed E-state index contributed by atoms with van der Waals surface area (Å²) in [4.78, 5) is 15.1. The van der Waals surface area contributed by atoms with Crippen LogP contribution in [0.5, 0.6) is 5.75 Å². The molecule has 2 rings (SSSR count). The summed E-state index contributed by atoms with van der Waals surface area (Å²) in [5, 5.41) is 0. The Balaban J connectivity index is 2.61. The lowest BCUT2D eigenvalue weighted by molar-refractivity contribution is 0.112. The van der Waals surface area contributed by atoms with Gasteiger partial charge in [-0.05, 0) is 5.56 Å². The summed E-state index contributed by atoms with van der Waals surface area (Å²) in [5.74, 6) is 0.497. The Bertz CT molecular complexity index is 495. The zero-order chi connectivity index (χ0) is 11.4. The zero-order valence-electron chi connectivity index (χ0n) is 8.88. The lowest BCUT2D eigenvalue weighted by atomic mass is 10.0. The van der Waals surface area contributed by atoms with Crippen molar-refractivity contribution in [3.05, 3.63) is 48.3 Å². The highest BCUT2D eigenvalue weighted by Gasteiger charge is 2.09. The summed E-state index contributed by atoms with van der Waals surface area (Å²) >= 11 is 0.